The predicted molar refractivity (Wildman–Crippen MR) is 67.7 cm³/mol. The topological polar surface area (TPSA) is 143 Å². The number of aliphatic hydroxyl groups is 2. The van der Waals surface area contributed by atoms with Gasteiger partial charge >= 0.3 is 4.87 Å². The van der Waals surface area contributed by atoms with E-state index in [0.29, 0.717) is 11.3 Å². The first kappa shape index (κ1) is 13.7. The van der Waals surface area contributed by atoms with E-state index in [1.165, 1.54) is 0 Å². The number of nitrogen functional groups attached to an aromatic ring is 1. The molecule has 0 aliphatic heterocycles. The summed E-state index contributed by atoms with van der Waals surface area (Å²) >= 11 is 0.714. The van der Waals surface area contributed by atoms with Gasteiger partial charge in [0.15, 0.2) is 11.9 Å². The van der Waals surface area contributed by atoms with Gasteiger partial charge < -0.3 is 20.7 Å². The van der Waals surface area contributed by atoms with Crippen molar-refractivity contribution < 1.29 is 14.9 Å². The van der Waals surface area contributed by atoms with Crippen molar-refractivity contribution in [2.24, 2.45) is 0 Å². The lowest BCUT2D eigenvalue weighted by Crippen LogP contribution is -2.22. The summed E-state index contributed by atoms with van der Waals surface area (Å²) in [5.74, 6) is -0.111. The Labute approximate surface area is 109 Å². The highest BCUT2D eigenvalue weighted by atomic mass is 32.1. The van der Waals surface area contributed by atoms with Gasteiger partial charge in [0.1, 0.15) is 11.4 Å². The number of hydrogen-bond acceptors (Lipinski definition) is 8. The maximum absolute atomic E-state index is 11.7. The van der Waals surface area contributed by atoms with E-state index in [-0.39, 0.29) is 36.1 Å². The summed E-state index contributed by atoms with van der Waals surface area (Å²) in [6.45, 7) is -0.527. The number of nitrogens with two attached hydrogens (primary N) is 1. The van der Waals surface area contributed by atoms with E-state index in [1.54, 1.807) is 0 Å². The molecular formula is C9H12N4O5S. The van der Waals surface area contributed by atoms with Crippen LogP contribution in [0.25, 0.3) is 10.3 Å². The van der Waals surface area contributed by atoms with E-state index in [0.717, 1.165) is 4.57 Å². The third-order valence-corrected chi connectivity index (χ3v) is 3.28. The maximum Gasteiger partial charge on any atom is 0.311 e. The fourth-order valence-electron chi connectivity index (χ4n) is 1.44. The normalized spacial score (nSPS) is 12.9. The van der Waals surface area contributed by atoms with Gasteiger partial charge in [0.25, 0.3) is 5.56 Å². The predicted octanol–water partition coefficient (Wildman–Crippen LogP) is -1.60. The molecule has 0 radical (unpaired) electrons. The van der Waals surface area contributed by atoms with Crippen molar-refractivity contribution in [2.75, 3.05) is 12.3 Å². The minimum Gasteiger partial charge on any atom is -0.396 e. The summed E-state index contributed by atoms with van der Waals surface area (Å²) in [6, 6.07) is 0. The summed E-state index contributed by atoms with van der Waals surface area (Å²) in [4.78, 5) is 29.0. The first-order chi connectivity index (χ1) is 9.02. The number of aliphatic hydroxyl groups excluding tert-OH is 2. The number of rotatable bonds is 5. The lowest BCUT2D eigenvalue weighted by atomic mass is 10.4. The molecule has 1 unspecified atom stereocenters. The first-order valence-electron chi connectivity index (χ1n) is 5.32. The van der Waals surface area contributed by atoms with Crippen LogP contribution < -0.4 is 16.2 Å². The summed E-state index contributed by atoms with van der Waals surface area (Å²) in [5, 5.41) is 17.9. The van der Waals surface area contributed by atoms with E-state index in [9.17, 15) is 14.7 Å². The summed E-state index contributed by atoms with van der Waals surface area (Å²) in [7, 11) is 0. The lowest BCUT2D eigenvalue weighted by Gasteiger charge is -2.10. The van der Waals surface area contributed by atoms with Gasteiger partial charge in [-0.3, -0.25) is 19.1 Å². The summed E-state index contributed by atoms with van der Waals surface area (Å²) < 4.78 is 6.20. The minimum atomic E-state index is -1.20. The van der Waals surface area contributed by atoms with Crippen molar-refractivity contribution in [3.05, 3.63) is 20.0 Å². The SMILES string of the molecule is Nc1nc2c(sc(=O)n2COC(O)CCO)c(=O)[nH]1. The Hall–Kier alpha value is -1.75. The van der Waals surface area contributed by atoms with Crippen molar-refractivity contribution >= 4 is 27.6 Å². The van der Waals surface area contributed by atoms with Crippen molar-refractivity contribution in [3.8, 4) is 0 Å². The second-order valence-electron chi connectivity index (χ2n) is 3.66. The zero-order valence-corrected chi connectivity index (χ0v) is 10.5. The molecule has 0 saturated carbocycles. The largest absolute Gasteiger partial charge is 0.396 e. The lowest BCUT2D eigenvalue weighted by molar-refractivity contribution is -0.133. The van der Waals surface area contributed by atoms with E-state index in [1.807, 2.05) is 0 Å². The number of nitrogens with one attached hydrogen (secondary N) is 1. The number of H-pyrrole nitrogens is 1. The molecule has 0 saturated heterocycles. The summed E-state index contributed by atoms with van der Waals surface area (Å²) in [6.07, 6.45) is -1.18. The van der Waals surface area contributed by atoms with E-state index >= 15 is 0 Å². The Bertz CT molecular complexity index is 690. The van der Waals surface area contributed by atoms with Crippen LogP contribution in [0, 0.1) is 0 Å². The Morgan fingerprint density at radius 2 is 2.26 bits per heavy atom. The average molecular weight is 288 g/mol. The monoisotopic (exact) mass is 288 g/mol. The third-order valence-electron chi connectivity index (χ3n) is 2.31. The van der Waals surface area contributed by atoms with Crippen LogP contribution >= 0.6 is 11.3 Å². The zero-order chi connectivity index (χ0) is 14.0. The van der Waals surface area contributed by atoms with Crippen LogP contribution in [0.3, 0.4) is 0 Å². The highest BCUT2D eigenvalue weighted by Crippen LogP contribution is 2.11. The molecular weight excluding hydrogens is 276 g/mol. The maximum atomic E-state index is 11.7. The van der Waals surface area contributed by atoms with Crippen molar-refractivity contribution in [1.29, 1.82) is 0 Å². The van der Waals surface area contributed by atoms with Crippen LogP contribution in [0.1, 0.15) is 6.42 Å². The molecule has 9 nitrogen and oxygen atoms in total. The van der Waals surface area contributed by atoms with E-state index in [2.05, 4.69) is 9.97 Å². The molecule has 19 heavy (non-hydrogen) atoms. The number of aromatic nitrogens is 3. The van der Waals surface area contributed by atoms with Crippen molar-refractivity contribution in [3.63, 3.8) is 0 Å². The van der Waals surface area contributed by atoms with E-state index < -0.39 is 16.7 Å². The van der Waals surface area contributed by atoms with Gasteiger partial charge in [0.2, 0.25) is 5.95 Å². The zero-order valence-electron chi connectivity index (χ0n) is 9.70. The van der Waals surface area contributed by atoms with Gasteiger partial charge in [-0.2, -0.15) is 4.98 Å². The number of aromatic amines is 1. The standard InChI is InChI=1S/C9H12N4O5S/c10-8-11-6-5(7(16)12-8)19-9(17)13(6)3-18-4(15)1-2-14/h4,14-15H,1-3H2,(H3,10,11,12,16). The molecule has 2 rings (SSSR count). The quantitative estimate of drug-likeness (QED) is 0.485. The smallest absolute Gasteiger partial charge is 0.311 e. The number of nitrogens with zero attached hydrogens (tertiary/aromatic N) is 2. The van der Waals surface area contributed by atoms with Crippen molar-refractivity contribution in [2.45, 2.75) is 19.4 Å². The summed E-state index contributed by atoms with van der Waals surface area (Å²) in [5.41, 5.74) is 5.01. The fraction of sp³-hybridized carbons (Fsp3) is 0.444. The number of anilines is 1. The Balaban J connectivity index is 2.35. The van der Waals surface area contributed by atoms with Crippen molar-refractivity contribution in [1.82, 2.24) is 14.5 Å². The van der Waals surface area contributed by atoms with Gasteiger partial charge in [-0.25, -0.2) is 0 Å². The molecule has 0 aliphatic rings. The van der Waals surface area contributed by atoms with Gasteiger partial charge in [0.05, 0.1) is 0 Å². The molecule has 10 heteroatoms. The molecule has 0 amide bonds. The van der Waals surface area contributed by atoms with Gasteiger partial charge in [0, 0.05) is 13.0 Å². The molecule has 104 valence electrons. The van der Waals surface area contributed by atoms with Crippen LogP contribution in [0.4, 0.5) is 5.95 Å². The minimum absolute atomic E-state index is 0.0208. The highest BCUT2D eigenvalue weighted by molar-refractivity contribution is 7.16. The highest BCUT2D eigenvalue weighted by Gasteiger charge is 2.14. The second kappa shape index (κ2) is 5.48. The average Bonchev–Trinajstić information content (AvgIpc) is 2.64. The molecule has 2 aromatic heterocycles. The number of ether oxygens (including phenoxy) is 1. The number of thiazole rings is 1. The van der Waals surface area contributed by atoms with Crippen LogP contribution in [0.15, 0.2) is 9.59 Å². The fourth-order valence-corrected chi connectivity index (χ4v) is 2.25. The van der Waals surface area contributed by atoms with Crippen LogP contribution in [0.5, 0.6) is 0 Å². The molecule has 1 atom stereocenters. The third kappa shape index (κ3) is 2.81. The molecule has 5 N–H and O–H groups in total. The Morgan fingerprint density at radius 1 is 1.53 bits per heavy atom. The molecule has 0 aromatic carbocycles. The number of hydrogen-bond donors (Lipinski definition) is 4. The molecule has 2 heterocycles. The van der Waals surface area contributed by atoms with Crippen LogP contribution in [0.2, 0.25) is 0 Å². The molecule has 0 spiro atoms. The molecule has 0 aliphatic carbocycles. The van der Waals surface area contributed by atoms with Gasteiger partial charge in [-0.05, 0) is 0 Å². The van der Waals surface area contributed by atoms with Crippen LogP contribution in [-0.4, -0.2) is 37.6 Å². The number of fused-ring (bicyclic) bond motifs is 1. The second-order valence-corrected chi connectivity index (χ2v) is 4.62. The van der Waals surface area contributed by atoms with Gasteiger partial charge in [-0.1, -0.05) is 11.3 Å². The van der Waals surface area contributed by atoms with Gasteiger partial charge in [-0.15, -0.1) is 0 Å². The molecule has 0 bridgehead atoms. The molecule has 0 fully saturated rings. The first-order valence-corrected chi connectivity index (χ1v) is 6.14. The van der Waals surface area contributed by atoms with E-state index in [4.69, 9.17) is 15.6 Å². The molecule has 2 aromatic rings. The Kier molecular flexibility index (Phi) is 3.95. The van der Waals surface area contributed by atoms with Crippen LogP contribution in [-0.2, 0) is 11.5 Å². The Morgan fingerprint density at radius 3 is 2.95 bits per heavy atom.